The Balaban J connectivity index is 1.99. The Morgan fingerprint density at radius 1 is 0.767 bits per heavy atom. The molecule has 0 bridgehead atoms. The van der Waals surface area contributed by atoms with E-state index >= 15 is 0 Å². The molecule has 4 aromatic rings. The lowest BCUT2D eigenvalue weighted by molar-refractivity contribution is -0.136. The number of benzene rings is 4. The van der Waals surface area contributed by atoms with Crippen LogP contribution in [0, 0.1) is 0 Å². The average molecular weight is 392 g/mol. The molecule has 0 aliphatic rings. The first-order chi connectivity index (χ1) is 14.7. The summed E-state index contributed by atoms with van der Waals surface area (Å²) in [4.78, 5) is 22.9. The SMILES string of the molecule is O=Cc1ccc2ccccc2c1C(=C\c1cccc2ccccc12)/C=C/CC(=O)O. The molecule has 0 saturated heterocycles. The van der Waals surface area contributed by atoms with E-state index in [4.69, 9.17) is 5.11 Å². The smallest absolute Gasteiger partial charge is 0.307 e. The number of rotatable bonds is 6. The molecule has 0 fully saturated rings. The zero-order valence-electron chi connectivity index (χ0n) is 16.3. The van der Waals surface area contributed by atoms with Gasteiger partial charge in [-0.2, -0.15) is 0 Å². The number of hydrogen-bond donors (Lipinski definition) is 1. The number of carbonyl (C=O) groups excluding carboxylic acids is 1. The molecule has 0 heterocycles. The molecule has 30 heavy (non-hydrogen) atoms. The molecule has 1 N–H and O–H groups in total. The summed E-state index contributed by atoms with van der Waals surface area (Å²) in [5.41, 5.74) is 3.18. The van der Waals surface area contributed by atoms with Crippen LogP contribution in [0.15, 0.2) is 91.0 Å². The highest BCUT2D eigenvalue weighted by Gasteiger charge is 2.11. The highest BCUT2D eigenvalue weighted by Crippen LogP contribution is 2.32. The van der Waals surface area contributed by atoms with Crippen molar-refractivity contribution in [2.24, 2.45) is 0 Å². The minimum atomic E-state index is -0.899. The predicted octanol–water partition coefficient (Wildman–Crippen LogP) is 6.38. The van der Waals surface area contributed by atoms with Gasteiger partial charge in [0.15, 0.2) is 6.29 Å². The molecule has 3 nitrogen and oxygen atoms in total. The van der Waals surface area contributed by atoms with Crippen molar-refractivity contribution in [2.75, 3.05) is 0 Å². The third-order valence-corrected chi connectivity index (χ3v) is 5.10. The highest BCUT2D eigenvalue weighted by atomic mass is 16.4. The molecular formula is C27H20O3. The Morgan fingerprint density at radius 3 is 2.17 bits per heavy atom. The van der Waals surface area contributed by atoms with E-state index < -0.39 is 5.97 Å². The number of allylic oxidation sites excluding steroid dienone is 2. The molecule has 0 radical (unpaired) electrons. The molecule has 0 spiro atoms. The maximum atomic E-state index is 11.9. The quantitative estimate of drug-likeness (QED) is 0.235. The summed E-state index contributed by atoms with van der Waals surface area (Å²) < 4.78 is 0. The monoisotopic (exact) mass is 392 g/mol. The molecule has 4 aromatic carbocycles. The normalized spacial score (nSPS) is 11.9. The fraction of sp³-hybridized carbons (Fsp3) is 0.0370. The van der Waals surface area contributed by atoms with Crippen LogP contribution in [0.5, 0.6) is 0 Å². The van der Waals surface area contributed by atoms with Crippen LogP contribution in [0.1, 0.15) is 27.9 Å². The van der Waals surface area contributed by atoms with E-state index in [2.05, 4.69) is 18.2 Å². The Bertz CT molecular complexity index is 1310. The number of fused-ring (bicyclic) bond motifs is 2. The number of carboxylic acid groups (broad SMARTS) is 1. The Morgan fingerprint density at radius 2 is 1.43 bits per heavy atom. The van der Waals surface area contributed by atoms with Gasteiger partial charge in [0.05, 0.1) is 6.42 Å². The molecule has 0 atom stereocenters. The van der Waals surface area contributed by atoms with Gasteiger partial charge in [-0.3, -0.25) is 9.59 Å². The summed E-state index contributed by atoms with van der Waals surface area (Å²) in [6.45, 7) is 0. The third-order valence-electron chi connectivity index (χ3n) is 5.10. The van der Waals surface area contributed by atoms with Crippen molar-refractivity contribution in [2.45, 2.75) is 6.42 Å². The van der Waals surface area contributed by atoms with Crippen LogP contribution >= 0.6 is 0 Å². The lowest BCUT2D eigenvalue weighted by Crippen LogP contribution is -1.95. The van der Waals surface area contributed by atoms with Crippen LogP contribution in [0.25, 0.3) is 33.2 Å². The van der Waals surface area contributed by atoms with E-state index in [1.54, 1.807) is 12.2 Å². The minimum Gasteiger partial charge on any atom is -0.481 e. The summed E-state index contributed by atoms with van der Waals surface area (Å²) in [7, 11) is 0. The Kier molecular flexibility index (Phi) is 5.53. The predicted molar refractivity (Wildman–Crippen MR) is 123 cm³/mol. The van der Waals surface area contributed by atoms with E-state index in [1.807, 2.05) is 66.7 Å². The molecule has 0 aliphatic carbocycles. The van der Waals surface area contributed by atoms with Gasteiger partial charge < -0.3 is 5.11 Å². The number of carboxylic acids is 1. The maximum absolute atomic E-state index is 11.9. The van der Waals surface area contributed by atoms with E-state index in [0.717, 1.165) is 44.5 Å². The summed E-state index contributed by atoms with van der Waals surface area (Å²) in [6.07, 6.45) is 6.20. The summed E-state index contributed by atoms with van der Waals surface area (Å²) in [5.74, 6) is -0.899. The van der Waals surface area contributed by atoms with Crippen molar-refractivity contribution in [3.05, 3.63) is 108 Å². The summed E-state index contributed by atoms with van der Waals surface area (Å²) in [5, 5.41) is 13.3. The first-order valence-electron chi connectivity index (χ1n) is 9.72. The molecule has 0 unspecified atom stereocenters. The van der Waals surface area contributed by atoms with Crippen molar-refractivity contribution in [3.8, 4) is 0 Å². The first-order valence-corrected chi connectivity index (χ1v) is 9.72. The summed E-state index contributed by atoms with van der Waals surface area (Å²) in [6, 6.07) is 25.8. The van der Waals surface area contributed by atoms with Gasteiger partial charge in [-0.05, 0) is 38.8 Å². The average Bonchev–Trinajstić information content (AvgIpc) is 2.77. The van der Waals surface area contributed by atoms with E-state index in [1.165, 1.54) is 0 Å². The highest BCUT2D eigenvalue weighted by molar-refractivity contribution is 6.07. The summed E-state index contributed by atoms with van der Waals surface area (Å²) >= 11 is 0. The van der Waals surface area contributed by atoms with Crippen LogP contribution in [0.2, 0.25) is 0 Å². The fourth-order valence-electron chi connectivity index (χ4n) is 3.74. The molecule has 0 amide bonds. The van der Waals surface area contributed by atoms with Gasteiger partial charge in [0.25, 0.3) is 0 Å². The van der Waals surface area contributed by atoms with Crippen molar-refractivity contribution < 1.29 is 14.7 Å². The molecular weight excluding hydrogens is 372 g/mol. The maximum Gasteiger partial charge on any atom is 0.307 e. The second kappa shape index (κ2) is 8.58. The van der Waals surface area contributed by atoms with Crippen molar-refractivity contribution in [3.63, 3.8) is 0 Å². The number of hydrogen-bond acceptors (Lipinski definition) is 2. The largest absolute Gasteiger partial charge is 0.481 e. The molecule has 0 saturated carbocycles. The minimum absolute atomic E-state index is 0.0892. The van der Waals surface area contributed by atoms with Gasteiger partial charge in [0, 0.05) is 11.1 Å². The Hall–Kier alpha value is -3.98. The van der Waals surface area contributed by atoms with Gasteiger partial charge in [-0.15, -0.1) is 0 Å². The number of carbonyl (C=O) groups is 2. The van der Waals surface area contributed by atoms with Crippen LogP contribution in [0.4, 0.5) is 0 Å². The van der Waals surface area contributed by atoms with Gasteiger partial charge in [-0.1, -0.05) is 91.0 Å². The zero-order chi connectivity index (χ0) is 20.9. The fourth-order valence-corrected chi connectivity index (χ4v) is 3.74. The van der Waals surface area contributed by atoms with Crippen molar-refractivity contribution in [1.29, 1.82) is 0 Å². The lowest BCUT2D eigenvalue weighted by Gasteiger charge is -2.12. The lowest BCUT2D eigenvalue weighted by atomic mass is 9.91. The molecule has 3 heteroatoms. The van der Waals surface area contributed by atoms with E-state index in [0.29, 0.717) is 5.56 Å². The van der Waals surface area contributed by atoms with Gasteiger partial charge in [-0.25, -0.2) is 0 Å². The van der Waals surface area contributed by atoms with Gasteiger partial charge in [0.1, 0.15) is 0 Å². The van der Waals surface area contributed by atoms with Crippen molar-refractivity contribution in [1.82, 2.24) is 0 Å². The molecule has 0 aromatic heterocycles. The van der Waals surface area contributed by atoms with Crippen LogP contribution in [-0.4, -0.2) is 17.4 Å². The van der Waals surface area contributed by atoms with E-state index in [-0.39, 0.29) is 6.42 Å². The second-order valence-electron chi connectivity index (χ2n) is 7.04. The van der Waals surface area contributed by atoms with Crippen molar-refractivity contribution >= 4 is 45.4 Å². The number of aliphatic carboxylic acids is 1. The van der Waals surface area contributed by atoms with Gasteiger partial charge in [0.2, 0.25) is 0 Å². The number of aldehydes is 1. The van der Waals surface area contributed by atoms with Crippen LogP contribution in [-0.2, 0) is 4.79 Å². The molecule has 146 valence electrons. The zero-order valence-corrected chi connectivity index (χ0v) is 16.3. The van der Waals surface area contributed by atoms with E-state index in [9.17, 15) is 9.59 Å². The Labute approximate surface area is 174 Å². The first kappa shape index (κ1) is 19.3. The second-order valence-corrected chi connectivity index (χ2v) is 7.04. The topological polar surface area (TPSA) is 54.4 Å². The molecule has 4 rings (SSSR count). The third kappa shape index (κ3) is 3.91. The van der Waals surface area contributed by atoms with Crippen LogP contribution in [0.3, 0.4) is 0 Å². The van der Waals surface area contributed by atoms with Crippen LogP contribution < -0.4 is 0 Å². The standard InChI is InChI=1S/C27H20O3/c28-18-23-16-15-20-8-2-4-13-25(20)27(23)22(11-6-14-26(29)30)17-21-10-5-9-19-7-1-3-12-24(19)21/h1-13,15-18H,14H2,(H,29,30)/b11-6+,22-17-. The molecule has 0 aliphatic heterocycles. The van der Waals surface area contributed by atoms with Gasteiger partial charge >= 0.3 is 5.97 Å².